The Bertz CT molecular complexity index is 1850. The number of Topliss-reactive ketones (excluding diaryl/α,β-unsaturated/α-hetero) is 1. The number of imide groups is 1. The van der Waals surface area contributed by atoms with Crippen molar-refractivity contribution >= 4 is 52.4 Å². The molecule has 7 rings (SSSR count). The van der Waals surface area contributed by atoms with Crippen LogP contribution < -0.4 is 10.4 Å². The molecule has 3 aromatic rings. The highest BCUT2D eigenvalue weighted by molar-refractivity contribution is 6.58. The summed E-state index contributed by atoms with van der Waals surface area (Å²) in [5, 5.41) is 31.3. The van der Waals surface area contributed by atoms with Crippen molar-refractivity contribution < 1.29 is 34.3 Å². The predicted octanol–water partition coefficient (Wildman–Crippen LogP) is 2.86. The van der Waals surface area contributed by atoms with Crippen molar-refractivity contribution in [3.8, 4) is 5.75 Å². The standard InChI is InChI=1S/C33H26BNO7/c1-16-13-27(37)30-25(31(16)38)15-24-22(28(30)21-11-12-26(36)20-8-3-2-7-19(20)21)9-10-23-29(24)33(40)35(32(23)39)18-6-4-5-17(14-18)34(41)42/h2-9,11-14,23-24,28-29,36,41-42H,10,15H2,1H3. The third-order valence-corrected chi connectivity index (χ3v) is 9.23. The molecule has 1 saturated heterocycles. The number of anilines is 1. The number of hydrogen-bond donors (Lipinski definition) is 3. The van der Waals surface area contributed by atoms with Gasteiger partial charge in [-0.25, -0.2) is 0 Å². The van der Waals surface area contributed by atoms with E-state index in [1.165, 1.54) is 18.2 Å². The van der Waals surface area contributed by atoms with Gasteiger partial charge in [-0.3, -0.25) is 24.1 Å². The number of fused-ring (bicyclic) bond motifs is 4. The van der Waals surface area contributed by atoms with Crippen LogP contribution >= 0.6 is 0 Å². The van der Waals surface area contributed by atoms with Crippen molar-refractivity contribution in [2.75, 3.05) is 4.90 Å². The zero-order valence-corrected chi connectivity index (χ0v) is 22.7. The molecule has 8 nitrogen and oxygen atoms in total. The fourth-order valence-electron chi connectivity index (χ4n) is 7.37. The van der Waals surface area contributed by atoms with Crippen LogP contribution in [0.3, 0.4) is 0 Å². The Morgan fingerprint density at radius 2 is 1.64 bits per heavy atom. The quantitative estimate of drug-likeness (QED) is 0.195. The lowest BCUT2D eigenvalue weighted by Gasteiger charge is -2.42. The molecule has 1 fully saturated rings. The van der Waals surface area contributed by atoms with Crippen LogP contribution in [0.15, 0.2) is 95.1 Å². The molecule has 2 amide bonds. The zero-order chi connectivity index (χ0) is 29.4. The Morgan fingerprint density at radius 3 is 2.40 bits per heavy atom. The van der Waals surface area contributed by atoms with Crippen molar-refractivity contribution in [2.45, 2.75) is 25.7 Å². The second kappa shape index (κ2) is 9.47. The molecule has 3 N–H and O–H groups in total. The molecule has 3 aromatic carbocycles. The summed E-state index contributed by atoms with van der Waals surface area (Å²) in [5.41, 5.74) is 3.07. The molecule has 0 radical (unpaired) electrons. The van der Waals surface area contributed by atoms with E-state index in [1.807, 2.05) is 24.3 Å². The number of rotatable bonds is 3. The van der Waals surface area contributed by atoms with Crippen LogP contribution in [0.1, 0.15) is 31.2 Å². The maximum atomic E-state index is 14.1. The number of aromatic hydroxyl groups is 1. The van der Waals surface area contributed by atoms with Gasteiger partial charge in [-0.05, 0) is 66.4 Å². The van der Waals surface area contributed by atoms with Crippen molar-refractivity contribution in [1.82, 2.24) is 0 Å². The minimum Gasteiger partial charge on any atom is -0.507 e. The van der Waals surface area contributed by atoms with E-state index in [2.05, 4.69) is 0 Å². The maximum Gasteiger partial charge on any atom is 0.488 e. The lowest BCUT2D eigenvalue weighted by Crippen LogP contribution is -2.40. The molecule has 1 aliphatic heterocycles. The molecule has 3 aliphatic carbocycles. The van der Waals surface area contributed by atoms with E-state index in [4.69, 9.17) is 0 Å². The van der Waals surface area contributed by atoms with E-state index in [1.54, 1.807) is 37.3 Å². The number of ketones is 2. The number of hydrogen-bond acceptors (Lipinski definition) is 7. The molecular formula is C33H26BNO7. The van der Waals surface area contributed by atoms with Crippen LogP contribution in [-0.2, 0) is 19.2 Å². The van der Waals surface area contributed by atoms with Gasteiger partial charge in [0.2, 0.25) is 11.8 Å². The van der Waals surface area contributed by atoms with Crippen molar-refractivity contribution in [1.29, 1.82) is 0 Å². The van der Waals surface area contributed by atoms with Crippen LogP contribution in [0.5, 0.6) is 5.75 Å². The molecule has 0 saturated carbocycles. The topological polar surface area (TPSA) is 132 Å². The minimum atomic E-state index is -1.76. The number of carbonyl (C=O) groups excluding carboxylic acids is 4. The molecule has 1 heterocycles. The smallest absolute Gasteiger partial charge is 0.488 e. The van der Waals surface area contributed by atoms with Crippen LogP contribution in [-0.4, -0.2) is 45.7 Å². The Kier molecular flexibility index (Phi) is 5.94. The van der Waals surface area contributed by atoms with E-state index in [0.29, 0.717) is 22.1 Å². The third-order valence-electron chi connectivity index (χ3n) is 9.23. The average molecular weight is 559 g/mol. The zero-order valence-electron chi connectivity index (χ0n) is 22.7. The normalized spacial score (nSPS) is 25.3. The minimum absolute atomic E-state index is 0.0952. The molecule has 4 unspecified atom stereocenters. The highest BCUT2D eigenvalue weighted by Gasteiger charge is 2.56. The van der Waals surface area contributed by atoms with Crippen LogP contribution in [0, 0.1) is 17.8 Å². The lowest BCUT2D eigenvalue weighted by atomic mass is 9.59. The van der Waals surface area contributed by atoms with Gasteiger partial charge in [0.25, 0.3) is 0 Å². The summed E-state index contributed by atoms with van der Waals surface area (Å²) < 4.78 is 0. The fourth-order valence-corrected chi connectivity index (χ4v) is 7.37. The van der Waals surface area contributed by atoms with Gasteiger partial charge < -0.3 is 15.2 Å². The number of phenols is 1. The second-order valence-corrected chi connectivity index (χ2v) is 11.4. The highest BCUT2D eigenvalue weighted by atomic mass is 16.4. The highest BCUT2D eigenvalue weighted by Crippen LogP contribution is 2.56. The van der Waals surface area contributed by atoms with Gasteiger partial charge >= 0.3 is 7.12 Å². The maximum absolute atomic E-state index is 14.1. The monoisotopic (exact) mass is 559 g/mol. The van der Waals surface area contributed by atoms with Gasteiger partial charge in [-0.2, -0.15) is 0 Å². The SMILES string of the molecule is CC1=CC(=O)C2=C(CC3C(=CCC4C(=O)N(c5cccc(B(O)O)c5)C(=O)C43)C2c2ccc(O)c3ccccc23)C1=O. The largest absolute Gasteiger partial charge is 0.507 e. The van der Waals surface area contributed by atoms with E-state index in [9.17, 15) is 34.3 Å². The number of phenolic OH excluding ortho intramolecular Hbond substituents is 1. The molecule has 4 aliphatic rings. The molecule has 0 spiro atoms. The first-order chi connectivity index (χ1) is 20.2. The number of carbonyl (C=O) groups is 4. The first-order valence-electron chi connectivity index (χ1n) is 13.9. The van der Waals surface area contributed by atoms with E-state index in [-0.39, 0.29) is 47.2 Å². The number of nitrogens with zero attached hydrogens (tertiary/aromatic N) is 1. The van der Waals surface area contributed by atoms with Crippen molar-refractivity contribution in [3.63, 3.8) is 0 Å². The molecule has 0 bridgehead atoms. The summed E-state index contributed by atoms with van der Waals surface area (Å²) >= 11 is 0. The summed E-state index contributed by atoms with van der Waals surface area (Å²) in [4.78, 5) is 56.0. The van der Waals surface area contributed by atoms with Crippen molar-refractivity contribution in [2.24, 2.45) is 17.8 Å². The summed E-state index contributed by atoms with van der Waals surface area (Å²) in [6.45, 7) is 1.61. The lowest BCUT2D eigenvalue weighted by molar-refractivity contribution is -0.123. The Hall–Kier alpha value is -4.60. The summed E-state index contributed by atoms with van der Waals surface area (Å²) in [7, 11) is -1.76. The van der Waals surface area contributed by atoms with Crippen molar-refractivity contribution in [3.05, 3.63) is 101 Å². The molecule has 0 aromatic heterocycles. The molecule has 208 valence electrons. The Labute approximate surface area is 241 Å². The van der Waals surface area contributed by atoms with Gasteiger partial charge in [0.15, 0.2) is 11.6 Å². The summed E-state index contributed by atoms with van der Waals surface area (Å²) in [5.74, 6) is -3.72. The van der Waals surface area contributed by atoms with Gasteiger partial charge in [-0.1, -0.05) is 54.1 Å². The van der Waals surface area contributed by atoms with Crippen LogP contribution in [0.25, 0.3) is 10.8 Å². The van der Waals surface area contributed by atoms with Crippen LogP contribution in [0.2, 0.25) is 0 Å². The van der Waals surface area contributed by atoms with E-state index in [0.717, 1.165) is 21.4 Å². The summed E-state index contributed by atoms with van der Waals surface area (Å²) in [6, 6.07) is 16.7. The fraction of sp³-hybridized carbons (Fsp3) is 0.212. The second-order valence-electron chi connectivity index (χ2n) is 11.4. The Balaban J connectivity index is 1.39. The molecule has 4 atom stereocenters. The first kappa shape index (κ1) is 26.3. The van der Waals surface area contributed by atoms with Gasteiger partial charge in [-0.15, -0.1) is 0 Å². The number of allylic oxidation sites excluding steroid dienone is 6. The average Bonchev–Trinajstić information content (AvgIpc) is 3.25. The van der Waals surface area contributed by atoms with Crippen LogP contribution in [0.4, 0.5) is 5.69 Å². The number of amides is 2. The van der Waals surface area contributed by atoms with E-state index >= 15 is 0 Å². The summed E-state index contributed by atoms with van der Waals surface area (Å²) in [6.07, 6.45) is 3.77. The Morgan fingerprint density at radius 1 is 0.881 bits per heavy atom. The van der Waals surface area contributed by atoms with E-state index < -0.39 is 36.7 Å². The van der Waals surface area contributed by atoms with Gasteiger partial charge in [0.1, 0.15) is 5.75 Å². The third kappa shape index (κ3) is 3.70. The first-order valence-corrected chi connectivity index (χ1v) is 13.9. The number of benzene rings is 3. The predicted molar refractivity (Wildman–Crippen MR) is 156 cm³/mol. The van der Waals surface area contributed by atoms with Gasteiger partial charge in [0, 0.05) is 28.0 Å². The van der Waals surface area contributed by atoms with Gasteiger partial charge in [0.05, 0.1) is 17.5 Å². The molecule has 42 heavy (non-hydrogen) atoms. The molecular weight excluding hydrogens is 533 g/mol. The molecule has 9 heteroatoms.